The molecule has 0 aliphatic rings. The lowest BCUT2D eigenvalue weighted by Gasteiger charge is -2.08. The number of imidazole rings is 1. The van der Waals surface area contributed by atoms with Gasteiger partial charge in [0.25, 0.3) is 0 Å². The zero-order chi connectivity index (χ0) is 15.5. The highest BCUT2D eigenvalue weighted by atomic mass is 16.4. The summed E-state index contributed by atoms with van der Waals surface area (Å²) in [5.74, 6) is -0.743. The summed E-state index contributed by atoms with van der Waals surface area (Å²) in [6.07, 6.45) is 6.38. The molecule has 0 aliphatic heterocycles. The Hall–Kier alpha value is -2.56. The van der Waals surface area contributed by atoms with Gasteiger partial charge < -0.3 is 14.2 Å². The Bertz CT molecular complexity index is 788. The molecule has 0 aliphatic carbocycles. The molecule has 5 nitrogen and oxygen atoms in total. The predicted molar refractivity (Wildman–Crippen MR) is 84.9 cm³/mol. The molecule has 0 bridgehead atoms. The number of carbonyl (C=O) groups is 1. The van der Waals surface area contributed by atoms with Crippen LogP contribution in [-0.4, -0.2) is 25.2 Å². The van der Waals surface area contributed by atoms with E-state index in [1.165, 1.54) is 22.2 Å². The first-order chi connectivity index (χ1) is 10.7. The number of carboxylic acid groups (broad SMARTS) is 1. The van der Waals surface area contributed by atoms with Crippen LogP contribution in [-0.2, 0) is 17.9 Å². The largest absolute Gasteiger partial charge is 0.481 e. The van der Waals surface area contributed by atoms with Crippen LogP contribution < -0.4 is 0 Å². The van der Waals surface area contributed by atoms with Crippen molar-refractivity contribution in [3.05, 3.63) is 54.2 Å². The van der Waals surface area contributed by atoms with E-state index in [-0.39, 0.29) is 6.42 Å². The molecule has 0 fully saturated rings. The fourth-order valence-corrected chi connectivity index (χ4v) is 2.94. The number of aliphatic carboxylic acids is 1. The van der Waals surface area contributed by atoms with Gasteiger partial charge in [0, 0.05) is 47.5 Å². The SMILES string of the molecule is Cc1c(Cn2ccnc2)c2ccccc2n1CCCC(=O)O. The fraction of sp³-hybridized carbons (Fsp3) is 0.294. The van der Waals surface area contributed by atoms with Crippen LogP contribution in [0.5, 0.6) is 0 Å². The van der Waals surface area contributed by atoms with Gasteiger partial charge in [0.1, 0.15) is 0 Å². The number of aromatic nitrogens is 3. The van der Waals surface area contributed by atoms with Crippen LogP contribution in [0.4, 0.5) is 0 Å². The van der Waals surface area contributed by atoms with E-state index in [4.69, 9.17) is 5.11 Å². The van der Waals surface area contributed by atoms with Crippen LogP contribution in [0, 0.1) is 6.92 Å². The number of para-hydroxylation sites is 1. The van der Waals surface area contributed by atoms with Crippen molar-refractivity contribution in [1.82, 2.24) is 14.1 Å². The van der Waals surface area contributed by atoms with E-state index in [1.807, 2.05) is 24.7 Å². The average molecular weight is 297 g/mol. The minimum absolute atomic E-state index is 0.197. The second-order valence-electron chi connectivity index (χ2n) is 5.47. The van der Waals surface area contributed by atoms with Crippen LogP contribution in [0.3, 0.4) is 0 Å². The Morgan fingerprint density at radius 3 is 2.86 bits per heavy atom. The maximum Gasteiger partial charge on any atom is 0.303 e. The summed E-state index contributed by atoms with van der Waals surface area (Å²) >= 11 is 0. The second kappa shape index (κ2) is 6.05. The highest BCUT2D eigenvalue weighted by molar-refractivity contribution is 5.85. The first kappa shape index (κ1) is 14.4. The van der Waals surface area contributed by atoms with Gasteiger partial charge in [-0.25, -0.2) is 4.98 Å². The first-order valence-electron chi connectivity index (χ1n) is 7.41. The van der Waals surface area contributed by atoms with Gasteiger partial charge in [-0.2, -0.15) is 0 Å². The van der Waals surface area contributed by atoms with Gasteiger partial charge in [-0.3, -0.25) is 4.79 Å². The standard InChI is InChI=1S/C17H19N3O2/c1-13-15(11-19-10-8-18-12-19)14-5-2-3-6-16(14)20(13)9-4-7-17(21)22/h2-3,5-6,8,10,12H,4,7,9,11H2,1H3,(H,21,22). The summed E-state index contributed by atoms with van der Waals surface area (Å²) in [7, 11) is 0. The summed E-state index contributed by atoms with van der Waals surface area (Å²) in [5.41, 5.74) is 3.63. The maximum atomic E-state index is 10.7. The molecule has 3 rings (SSSR count). The molecule has 0 saturated carbocycles. The smallest absolute Gasteiger partial charge is 0.303 e. The molecular weight excluding hydrogens is 278 g/mol. The number of benzene rings is 1. The average Bonchev–Trinajstić information content (AvgIpc) is 3.09. The fourth-order valence-electron chi connectivity index (χ4n) is 2.94. The van der Waals surface area contributed by atoms with Crippen LogP contribution in [0.25, 0.3) is 10.9 Å². The zero-order valence-electron chi connectivity index (χ0n) is 12.6. The van der Waals surface area contributed by atoms with Crippen molar-refractivity contribution in [2.45, 2.75) is 32.9 Å². The Morgan fingerprint density at radius 2 is 2.14 bits per heavy atom. The monoisotopic (exact) mass is 297 g/mol. The molecule has 0 saturated heterocycles. The number of nitrogens with zero attached hydrogens (tertiary/aromatic N) is 3. The summed E-state index contributed by atoms with van der Waals surface area (Å²) in [6.45, 7) is 3.61. The van der Waals surface area contributed by atoms with Gasteiger partial charge >= 0.3 is 5.97 Å². The molecular formula is C17H19N3O2. The van der Waals surface area contributed by atoms with E-state index in [2.05, 4.69) is 33.2 Å². The van der Waals surface area contributed by atoms with Gasteiger partial charge in [0.05, 0.1) is 12.9 Å². The van der Waals surface area contributed by atoms with Crippen molar-refractivity contribution in [3.63, 3.8) is 0 Å². The minimum atomic E-state index is -0.743. The Kier molecular flexibility index (Phi) is 3.96. The Labute approximate surface area is 128 Å². The molecule has 0 spiro atoms. The number of hydrogen-bond donors (Lipinski definition) is 1. The number of rotatable bonds is 6. The van der Waals surface area contributed by atoms with Crippen molar-refractivity contribution < 1.29 is 9.90 Å². The van der Waals surface area contributed by atoms with Crippen LogP contribution in [0.1, 0.15) is 24.1 Å². The van der Waals surface area contributed by atoms with Crippen molar-refractivity contribution >= 4 is 16.9 Å². The van der Waals surface area contributed by atoms with Gasteiger partial charge in [0.2, 0.25) is 0 Å². The Balaban J connectivity index is 1.97. The molecule has 1 aromatic carbocycles. The highest BCUT2D eigenvalue weighted by Gasteiger charge is 2.14. The van der Waals surface area contributed by atoms with Gasteiger partial charge in [0.15, 0.2) is 0 Å². The second-order valence-corrected chi connectivity index (χ2v) is 5.47. The number of fused-ring (bicyclic) bond motifs is 1. The highest BCUT2D eigenvalue weighted by Crippen LogP contribution is 2.27. The molecule has 3 aromatic rings. The van der Waals surface area contributed by atoms with E-state index in [9.17, 15) is 4.79 Å². The third-order valence-electron chi connectivity index (χ3n) is 4.03. The summed E-state index contributed by atoms with van der Waals surface area (Å²) in [4.78, 5) is 14.8. The lowest BCUT2D eigenvalue weighted by molar-refractivity contribution is -0.137. The molecule has 2 aromatic heterocycles. The molecule has 0 unspecified atom stereocenters. The number of aryl methyl sites for hydroxylation is 1. The zero-order valence-corrected chi connectivity index (χ0v) is 12.6. The van der Waals surface area contributed by atoms with Crippen LogP contribution >= 0.6 is 0 Å². The lowest BCUT2D eigenvalue weighted by atomic mass is 10.1. The van der Waals surface area contributed by atoms with Crippen LogP contribution in [0.2, 0.25) is 0 Å². The van der Waals surface area contributed by atoms with E-state index >= 15 is 0 Å². The topological polar surface area (TPSA) is 60.0 Å². The summed E-state index contributed by atoms with van der Waals surface area (Å²) in [5, 5.41) is 10.1. The van der Waals surface area contributed by atoms with Crippen molar-refractivity contribution in [3.8, 4) is 0 Å². The molecule has 0 atom stereocenters. The molecule has 2 heterocycles. The van der Waals surface area contributed by atoms with E-state index in [1.54, 1.807) is 6.20 Å². The normalized spacial score (nSPS) is 11.1. The van der Waals surface area contributed by atoms with Crippen LogP contribution in [0.15, 0.2) is 43.0 Å². The lowest BCUT2D eigenvalue weighted by Crippen LogP contribution is -2.05. The molecule has 114 valence electrons. The maximum absolute atomic E-state index is 10.7. The van der Waals surface area contributed by atoms with Gasteiger partial charge in [-0.1, -0.05) is 18.2 Å². The minimum Gasteiger partial charge on any atom is -0.481 e. The predicted octanol–water partition coefficient (Wildman–Crippen LogP) is 3.06. The molecule has 0 amide bonds. The first-order valence-corrected chi connectivity index (χ1v) is 7.41. The quantitative estimate of drug-likeness (QED) is 0.760. The molecule has 22 heavy (non-hydrogen) atoms. The van der Waals surface area contributed by atoms with Crippen molar-refractivity contribution in [1.29, 1.82) is 0 Å². The summed E-state index contributed by atoms with van der Waals surface area (Å²) < 4.78 is 4.28. The van der Waals surface area contributed by atoms with Gasteiger partial charge in [-0.15, -0.1) is 0 Å². The van der Waals surface area contributed by atoms with Gasteiger partial charge in [-0.05, 0) is 19.4 Å². The van der Waals surface area contributed by atoms with Crippen molar-refractivity contribution in [2.75, 3.05) is 0 Å². The summed E-state index contributed by atoms with van der Waals surface area (Å²) in [6, 6.07) is 8.29. The van der Waals surface area contributed by atoms with E-state index < -0.39 is 5.97 Å². The molecule has 5 heteroatoms. The molecule has 0 radical (unpaired) electrons. The third kappa shape index (κ3) is 2.74. The number of hydrogen-bond acceptors (Lipinski definition) is 2. The Morgan fingerprint density at radius 1 is 1.32 bits per heavy atom. The van der Waals surface area contributed by atoms with E-state index in [0.29, 0.717) is 6.42 Å². The third-order valence-corrected chi connectivity index (χ3v) is 4.03. The van der Waals surface area contributed by atoms with E-state index in [0.717, 1.165) is 13.1 Å². The number of carboxylic acids is 1. The molecule has 1 N–H and O–H groups in total. The van der Waals surface area contributed by atoms with Crippen molar-refractivity contribution in [2.24, 2.45) is 0 Å².